The van der Waals surface area contributed by atoms with Gasteiger partial charge in [-0.05, 0) is 18.2 Å². The Hall–Kier alpha value is -2.56. The summed E-state index contributed by atoms with van der Waals surface area (Å²) in [5.41, 5.74) is -1.22. The Morgan fingerprint density at radius 3 is 2.46 bits per heavy atom. The van der Waals surface area contributed by atoms with Crippen molar-refractivity contribution >= 4 is 15.7 Å². The van der Waals surface area contributed by atoms with Crippen LogP contribution < -0.4 is 14.2 Å². The van der Waals surface area contributed by atoms with E-state index < -0.39 is 26.7 Å². The third kappa shape index (κ3) is 3.85. The fourth-order valence-electron chi connectivity index (χ4n) is 1.72. The van der Waals surface area contributed by atoms with Crippen molar-refractivity contribution in [3.8, 4) is 11.9 Å². The second-order valence-electron chi connectivity index (χ2n) is 4.41. The highest BCUT2D eigenvalue weighted by Crippen LogP contribution is 2.31. The minimum Gasteiger partial charge on any atom is -0.479 e. The maximum Gasteiger partial charge on any atom is 0.416 e. The van der Waals surface area contributed by atoms with Crippen molar-refractivity contribution in [2.45, 2.75) is 11.1 Å². The van der Waals surface area contributed by atoms with Gasteiger partial charge in [0.2, 0.25) is 5.88 Å². The summed E-state index contributed by atoms with van der Waals surface area (Å²) in [6, 6.07) is 3.27. The topological polar surface area (TPSA) is 90.4 Å². The molecule has 0 aliphatic heterocycles. The molecular formula is C13H12F3N3O4S. The minimum atomic E-state index is -4.66. The van der Waals surface area contributed by atoms with E-state index in [0.29, 0.717) is 6.07 Å². The fraction of sp³-hybridized carbons (Fsp3) is 0.231. The van der Waals surface area contributed by atoms with E-state index >= 15 is 0 Å². The first-order valence-corrected chi connectivity index (χ1v) is 7.81. The van der Waals surface area contributed by atoms with Gasteiger partial charge in [0.05, 0.1) is 30.9 Å². The molecule has 0 spiro atoms. The molecular weight excluding hydrogens is 351 g/mol. The number of alkyl halides is 3. The summed E-state index contributed by atoms with van der Waals surface area (Å²) in [5.74, 6) is -0.141. The molecule has 0 amide bonds. The summed E-state index contributed by atoms with van der Waals surface area (Å²) in [7, 11) is -1.75. The molecule has 0 saturated carbocycles. The Labute approximate surface area is 135 Å². The van der Waals surface area contributed by atoms with E-state index in [1.165, 1.54) is 14.2 Å². The van der Waals surface area contributed by atoms with Gasteiger partial charge in [0.25, 0.3) is 10.0 Å². The van der Waals surface area contributed by atoms with E-state index in [9.17, 15) is 21.6 Å². The van der Waals surface area contributed by atoms with Crippen LogP contribution in [0.4, 0.5) is 18.9 Å². The summed E-state index contributed by atoms with van der Waals surface area (Å²) in [6.45, 7) is 0. The third-order valence-corrected chi connectivity index (χ3v) is 4.19. The summed E-state index contributed by atoms with van der Waals surface area (Å²) in [6.07, 6.45) is -3.58. The van der Waals surface area contributed by atoms with E-state index in [1.54, 1.807) is 0 Å². The van der Waals surface area contributed by atoms with Crippen molar-refractivity contribution in [1.29, 1.82) is 0 Å². The molecule has 7 nitrogen and oxygen atoms in total. The van der Waals surface area contributed by atoms with E-state index in [0.717, 1.165) is 24.4 Å². The lowest BCUT2D eigenvalue weighted by Crippen LogP contribution is -2.16. The van der Waals surface area contributed by atoms with Crippen LogP contribution in [-0.2, 0) is 16.2 Å². The lowest BCUT2D eigenvalue weighted by molar-refractivity contribution is -0.137. The Morgan fingerprint density at radius 2 is 1.88 bits per heavy atom. The number of hydrogen-bond acceptors (Lipinski definition) is 6. The van der Waals surface area contributed by atoms with Gasteiger partial charge < -0.3 is 9.47 Å². The van der Waals surface area contributed by atoms with Crippen molar-refractivity contribution in [3.05, 3.63) is 36.0 Å². The molecule has 0 aliphatic carbocycles. The zero-order valence-electron chi connectivity index (χ0n) is 12.5. The highest BCUT2D eigenvalue weighted by Gasteiger charge is 2.31. The van der Waals surface area contributed by atoms with Gasteiger partial charge in [-0.3, -0.25) is 4.72 Å². The predicted octanol–water partition coefficient (Wildman–Crippen LogP) is 2.31. The van der Waals surface area contributed by atoms with Crippen LogP contribution in [0.3, 0.4) is 0 Å². The van der Waals surface area contributed by atoms with Crippen LogP contribution in [-0.4, -0.2) is 32.6 Å². The molecule has 2 rings (SSSR count). The van der Waals surface area contributed by atoms with Crippen LogP contribution in [0.25, 0.3) is 0 Å². The number of methoxy groups -OCH3 is 2. The number of rotatable bonds is 5. The molecule has 11 heteroatoms. The van der Waals surface area contributed by atoms with E-state index in [4.69, 9.17) is 9.47 Å². The second-order valence-corrected chi connectivity index (χ2v) is 6.09. The van der Waals surface area contributed by atoms with Gasteiger partial charge in [-0.25, -0.2) is 13.4 Å². The fourth-order valence-corrected chi connectivity index (χ4v) is 2.81. The highest BCUT2D eigenvalue weighted by molar-refractivity contribution is 7.92. The summed E-state index contributed by atoms with van der Waals surface area (Å²) >= 11 is 0. The first-order chi connectivity index (χ1) is 11.2. The van der Waals surface area contributed by atoms with Crippen LogP contribution in [0.15, 0.2) is 35.4 Å². The van der Waals surface area contributed by atoms with Crippen molar-refractivity contribution in [2.24, 2.45) is 0 Å². The van der Waals surface area contributed by atoms with Crippen LogP contribution in [0.2, 0.25) is 0 Å². The Kier molecular flexibility index (Phi) is 4.83. The van der Waals surface area contributed by atoms with Gasteiger partial charge in [-0.15, -0.1) is 0 Å². The number of benzene rings is 1. The van der Waals surface area contributed by atoms with Gasteiger partial charge in [-0.2, -0.15) is 18.2 Å². The SMILES string of the molecule is COc1ncc(NS(=O)(=O)c2cccc(C(F)(F)F)c2)c(OC)n1. The Morgan fingerprint density at radius 1 is 1.17 bits per heavy atom. The average Bonchev–Trinajstić information content (AvgIpc) is 2.54. The smallest absolute Gasteiger partial charge is 0.416 e. The highest BCUT2D eigenvalue weighted by atomic mass is 32.2. The van der Waals surface area contributed by atoms with Gasteiger partial charge in [0.15, 0.2) is 0 Å². The van der Waals surface area contributed by atoms with Gasteiger partial charge in [0, 0.05) is 0 Å². The Balaban J connectivity index is 2.39. The zero-order valence-corrected chi connectivity index (χ0v) is 13.3. The van der Waals surface area contributed by atoms with Crippen molar-refractivity contribution in [3.63, 3.8) is 0 Å². The normalized spacial score (nSPS) is 11.9. The molecule has 0 saturated heterocycles. The van der Waals surface area contributed by atoms with E-state index in [2.05, 4.69) is 14.7 Å². The molecule has 0 bridgehead atoms. The molecule has 0 atom stereocenters. The van der Waals surface area contributed by atoms with Crippen molar-refractivity contribution < 1.29 is 31.1 Å². The number of nitrogens with one attached hydrogen (secondary N) is 1. The predicted molar refractivity (Wildman–Crippen MR) is 77.4 cm³/mol. The van der Waals surface area contributed by atoms with Gasteiger partial charge >= 0.3 is 12.2 Å². The zero-order chi connectivity index (χ0) is 18.0. The van der Waals surface area contributed by atoms with Crippen LogP contribution in [0.1, 0.15) is 5.56 Å². The standard InChI is InChI=1S/C13H12F3N3O4S/c1-22-11-10(7-17-12(18-11)23-2)19-24(20,21)9-5-3-4-8(6-9)13(14,15)16/h3-7,19H,1-2H3. The number of sulfonamides is 1. The summed E-state index contributed by atoms with van der Waals surface area (Å²) in [5, 5.41) is 0. The van der Waals surface area contributed by atoms with Crippen LogP contribution in [0, 0.1) is 0 Å². The van der Waals surface area contributed by atoms with Crippen molar-refractivity contribution in [1.82, 2.24) is 9.97 Å². The lowest BCUT2D eigenvalue weighted by atomic mass is 10.2. The first kappa shape index (κ1) is 17.8. The number of hydrogen-bond donors (Lipinski definition) is 1. The number of anilines is 1. The monoisotopic (exact) mass is 363 g/mol. The maximum absolute atomic E-state index is 12.7. The molecule has 1 aromatic carbocycles. The van der Waals surface area contributed by atoms with Crippen LogP contribution >= 0.6 is 0 Å². The molecule has 2 aromatic rings. The van der Waals surface area contributed by atoms with E-state index in [-0.39, 0.29) is 17.6 Å². The van der Waals surface area contributed by atoms with Gasteiger partial charge in [-0.1, -0.05) is 6.07 Å². The average molecular weight is 363 g/mol. The molecule has 0 aliphatic rings. The lowest BCUT2D eigenvalue weighted by Gasteiger charge is -2.12. The molecule has 1 N–H and O–H groups in total. The number of ether oxygens (including phenoxy) is 2. The van der Waals surface area contributed by atoms with Crippen molar-refractivity contribution in [2.75, 3.05) is 18.9 Å². The summed E-state index contributed by atoms with van der Waals surface area (Å²) < 4.78 is 74.5. The van der Waals surface area contributed by atoms with E-state index in [1.807, 2.05) is 0 Å². The molecule has 1 heterocycles. The quantitative estimate of drug-likeness (QED) is 0.877. The molecule has 24 heavy (non-hydrogen) atoms. The largest absolute Gasteiger partial charge is 0.479 e. The first-order valence-electron chi connectivity index (χ1n) is 6.32. The number of nitrogens with zero attached hydrogens (tertiary/aromatic N) is 2. The molecule has 0 fully saturated rings. The number of aromatic nitrogens is 2. The molecule has 0 radical (unpaired) electrons. The number of halogens is 3. The van der Waals surface area contributed by atoms with Crippen LogP contribution in [0.5, 0.6) is 11.9 Å². The minimum absolute atomic E-state index is 0.0612. The molecule has 1 aromatic heterocycles. The maximum atomic E-state index is 12.7. The molecule has 130 valence electrons. The summed E-state index contributed by atoms with van der Waals surface area (Å²) in [4.78, 5) is 6.94. The third-order valence-electron chi connectivity index (χ3n) is 2.82. The second kappa shape index (κ2) is 6.51. The van der Waals surface area contributed by atoms with Gasteiger partial charge in [0.1, 0.15) is 5.69 Å². The Bertz CT molecular complexity index is 841. The molecule has 0 unspecified atom stereocenters.